The van der Waals surface area contributed by atoms with Crippen molar-refractivity contribution < 1.29 is 19.0 Å². The summed E-state index contributed by atoms with van der Waals surface area (Å²) < 4.78 is 15.6. The number of carbonyl (C=O) groups excluding carboxylic acids is 1. The van der Waals surface area contributed by atoms with Gasteiger partial charge in [-0.15, -0.1) is 0 Å². The van der Waals surface area contributed by atoms with Gasteiger partial charge in [-0.25, -0.2) is 0 Å². The van der Waals surface area contributed by atoms with Gasteiger partial charge in [0, 0.05) is 24.6 Å². The molecule has 0 spiro atoms. The van der Waals surface area contributed by atoms with Crippen LogP contribution < -0.4 is 14.8 Å². The molecule has 5 nitrogen and oxygen atoms in total. The van der Waals surface area contributed by atoms with E-state index in [0.29, 0.717) is 25.5 Å². The first kappa shape index (κ1) is 15.6. The van der Waals surface area contributed by atoms with Crippen molar-refractivity contribution in [3.63, 3.8) is 0 Å². The molecule has 21 heavy (non-hydrogen) atoms. The van der Waals surface area contributed by atoms with Gasteiger partial charge in [0.1, 0.15) is 11.5 Å². The Morgan fingerprint density at radius 3 is 2.81 bits per heavy atom. The van der Waals surface area contributed by atoms with Crippen LogP contribution in [0.3, 0.4) is 0 Å². The summed E-state index contributed by atoms with van der Waals surface area (Å²) in [6.45, 7) is 1.27. The molecule has 0 unspecified atom stereocenters. The first-order valence-electron chi connectivity index (χ1n) is 7.33. The second kappa shape index (κ2) is 7.88. The maximum Gasteiger partial charge on any atom is 0.305 e. The van der Waals surface area contributed by atoms with Gasteiger partial charge in [0.15, 0.2) is 0 Å². The average molecular weight is 293 g/mol. The van der Waals surface area contributed by atoms with E-state index in [2.05, 4.69) is 10.1 Å². The zero-order valence-electron chi connectivity index (χ0n) is 12.7. The normalized spacial score (nSPS) is 13.8. The van der Waals surface area contributed by atoms with Gasteiger partial charge in [-0.05, 0) is 37.5 Å². The summed E-state index contributed by atoms with van der Waals surface area (Å²) in [7, 11) is 3.05. The molecule has 0 aromatic heterocycles. The Balaban J connectivity index is 1.87. The van der Waals surface area contributed by atoms with Gasteiger partial charge in [0.2, 0.25) is 0 Å². The molecular weight excluding hydrogens is 270 g/mol. The topological polar surface area (TPSA) is 56.8 Å². The van der Waals surface area contributed by atoms with E-state index in [1.54, 1.807) is 7.11 Å². The Morgan fingerprint density at radius 2 is 2.14 bits per heavy atom. The minimum atomic E-state index is -0.205. The number of esters is 1. The lowest BCUT2D eigenvalue weighted by molar-refractivity contribution is -0.140. The predicted octanol–water partition coefficient (Wildman–Crippen LogP) is 2.28. The standard InChI is InChI=1S/C16H23NO4/c1-19-14-7-8-15(21-9-3-4-16(18)20-2)12(10-14)11-17-13-5-6-13/h7-8,10,13,17H,3-6,9,11H2,1-2H3. The van der Waals surface area contributed by atoms with Gasteiger partial charge in [-0.3, -0.25) is 4.79 Å². The first-order valence-corrected chi connectivity index (χ1v) is 7.33. The Labute approximate surface area is 125 Å². The van der Waals surface area contributed by atoms with E-state index in [1.165, 1.54) is 20.0 Å². The molecule has 0 radical (unpaired) electrons. The van der Waals surface area contributed by atoms with Crippen LogP contribution in [0.15, 0.2) is 18.2 Å². The van der Waals surface area contributed by atoms with Gasteiger partial charge in [0.05, 0.1) is 20.8 Å². The molecule has 1 N–H and O–H groups in total. The quantitative estimate of drug-likeness (QED) is 0.559. The third-order valence-electron chi connectivity index (χ3n) is 3.44. The van der Waals surface area contributed by atoms with E-state index in [-0.39, 0.29) is 5.97 Å². The van der Waals surface area contributed by atoms with Gasteiger partial charge in [-0.1, -0.05) is 0 Å². The van der Waals surface area contributed by atoms with Gasteiger partial charge in [0.25, 0.3) is 0 Å². The minimum absolute atomic E-state index is 0.205. The van der Waals surface area contributed by atoms with Crippen LogP contribution in [0.1, 0.15) is 31.2 Å². The third-order valence-corrected chi connectivity index (χ3v) is 3.44. The van der Waals surface area contributed by atoms with Crippen LogP contribution in [0, 0.1) is 0 Å². The Hall–Kier alpha value is -1.75. The zero-order valence-corrected chi connectivity index (χ0v) is 12.7. The summed E-state index contributed by atoms with van der Waals surface area (Å²) >= 11 is 0. The molecule has 0 atom stereocenters. The number of nitrogens with one attached hydrogen (secondary N) is 1. The maximum atomic E-state index is 11.1. The number of benzene rings is 1. The number of hydrogen-bond donors (Lipinski definition) is 1. The van der Waals surface area contributed by atoms with Gasteiger partial charge < -0.3 is 19.5 Å². The van der Waals surface area contributed by atoms with Crippen LogP contribution in [0.25, 0.3) is 0 Å². The van der Waals surface area contributed by atoms with Crippen molar-refractivity contribution in [1.29, 1.82) is 0 Å². The zero-order chi connectivity index (χ0) is 15.1. The number of carbonyl (C=O) groups is 1. The molecule has 0 saturated heterocycles. The SMILES string of the molecule is COC(=O)CCCOc1ccc(OC)cc1CNC1CC1. The Bertz CT molecular complexity index is 471. The average Bonchev–Trinajstić information content (AvgIpc) is 3.34. The highest BCUT2D eigenvalue weighted by Gasteiger charge is 2.20. The second-order valence-corrected chi connectivity index (χ2v) is 5.16. The van der Waals surface area contributed by atoms with Crippen molar-refractivity contribution in [2.45, 2.75) is 38.3 Å². The van der Waals surface area contributed by atoms with Crippen LogP contribution in [0.2, 0.25) is 0 Å². The lowest BCUT2D eigenvalue weighted by atomic mass is 10.2. The van der Waals surface area contributed by atoms with Crippen LogP contribution in [-0.2, 0) is 16.1 Å². The molecule has 1 saturated carbocycles. The fourth-order valence-corrected chi connectivity index (χ4v) is 2.00. The highest BCUT2D eigenvalue weighted by molar-refractivity contribution is 5.69. The number of methoxy groups -OCH3 is 2. The first-order chi connectivity index (χ1) is 10.2. The second-order valence-electron chi connectivity index (χ2n) is 5.16. The molecule has 116 valence electrons. The lowest BCUT2D eigenvalue weighted by Crippen LogP contribution is -2.16. The minimum Gasteiger partial charge on any atom is -0.497 e. The smallest absolute Gasteiger partial charge is 0.305 e. The third kappa shape index (κ3) is 5.27. The molecule has 2 rings (SSSR count). The van der Waals surface area contributed by atoms with Gasteiger partial charge >= 0.3 is 5.97 Å². The summed E-state index contributed by atoms with van der Waals surface area (Å²) in [6, 6.07) is 6.44. The maximum absolute atomic E-state index is 11.1. The van der Waals surface area contributed by atoms with Crippen molar-refractivity contribution in [2.75, 3.05) is 20.8 Å². The summed E-state index contributed by atoms with van der Waals surface area (Å²) in [4.78, 5) is 11.1. The lowest BCUT2D eigenvalue weighted by Gasteiger charge is -2.13. The van der Waals surface area contributed by atoms with Crippen LogP contribution >= 0.6 is 0 Å². The molecule has 0 heterocycles. The molecule has 1 fully saturated rings. The molecule has 1 aliphatic rings. The number of ether oxygens (including phenoxy) is 3. The van der Waals surface area contributed by atoms with Crippen molar-refractivity contribution in [1.82, 2.24) is 5.32 Å². The monoisotopic (exact) mass is 293 g/mol. The summed E-state index contributed by atoms with van der Waals surface area (Å²) in [5.74, 6) is 1.46. The number of hydrogen-bond acceptors (Lipinski definition) is 5. The molecule has 0 amide bonds. The summed E-state index contributed by atoms with van der Waals surface area (Å²) in [6.07, 6.45) is 3.52. The highest BCUT2D eigenvalue weighted by atomic mass is 16.5. The van der Waals surface area contributed by atoms with E-state index < -0.39 is 0 Å². The molecule has 1 aromatic carbocycles. The van der Waals surface area contributed by atoms with Crippen molar-refractivity contribution >= 4 is 5.97 Å². The van der Waals surface area contributed by atoms with E-state index in [4.69, 9.17) is 9.47 Å². The Morgan fingerprint density at radius 1 is 1.33 bits per heavy atom. The highest BCUT2D eigenvalue weighted by Crippen LogP contribution is 2.26. The molecule has 1 aliphatic carbocycles. The molecule has 5 heteroatoms. The fraction of sp³-hybridized carbons (Fsp3) is 0.562. The van der Waals surface area contributed by atoms with Crippen molar-refractivity contribution in [3.8, 4) is 11.5 Å². The van der Waals surface area contributed by atoms with E-state index in [1.807, 2.05) is 18.2 Å². The van der Waals surface area contributed by atoms with Crippen LogP contribution in [0.4, 0.5) is 0 Å². The van der Waals surface area contributed by atoms with Crippen molar-refractivity contribution in [3.05, 3.63) is 23.8 Å². The summed E-state index contributed by atoms with van der Waals surface area (Å²) in [5.41, 5.74) is 1.08. The molecular formula is C16H23NO4. The molecule has 0 bridgehead atoms. The Kier molecular flexibility index (Phi) is 5.87. The van der Waals surface area contributed by atoms with E-state index in [9.17, 15) is 4.79 Å². The summed E-state index contributed by atoms with van der Waals surface area (Å²) in [5, 5.41) is 3.47. The predicted molar refractivity (Wildman–Crippen MR) is 79.6 cm³/mol. The molecule has 1 aromatic rings. The molecule has 0 aliphatic heterocycles. The van der Waals surface area contributed by atoms with Crippen LogP contribution in [-0.4, -0.2) is 32.8 Å². The fourth-order valence-electron chi connectivity index (χ4n) is 2.00. The van der Waals surface area contributed by atoms with Gasteiger partial charge in [-0.2, -0.15) is 0 Å². The van der Waals surface area contributed by atoms with E-state index in [0.717, 1.165) is 23.6 Å². The largest absolute Gasteiger partial charge is 0.497 e. The van der Waals surface area contributed by atoms with Crippen molar-refractivity contribution in [2.24, 2.45) is 0 Å². The number of rotatable bonds is 9. The van der Waals surface area contributed by atoms with Crippen LogP contribution in [0.5, 0.6) is 11.5 Å². The van der Waals surface area contributed by atoms with E-state index >= 15 is 0 Å².